The summed E-state index contributed by atoms with van der Waals surface area (Å²) in [6.07, 6.45) is 1.04. The number of alkyl halides is 1. The molecule has 0 N–H and O–H groups in total. The lowest BCUT2D eigenvalue weighted by Gasteiger charge is -2.30. The van der Waals surface area contributed by atoms with Gasteiger partial charge in [0.05, 0.1) is 0 Å². The molecule has 1 fully saturated rings. The van der Waals surface area contributed by atoms with Gasteiger partial charge in [0, 0.05) is 24.1 Å². The van der Waals surface area contributed by atoms with Gasteiger partial charge in [0.2, 0.25) is 10.0 Å². The third-order valence-electron chi connectivity index (χ3n) is 2.09. The third kappa shape index (κ3) is 3.11. The molecular formula is C7H14BrNO2S2. The van der Waals surface area contributed by atoms with Crippen LogP contribution in [-0.4, -0.2) is 41.5 Å². The molecule has 13 heavy (non-hydrogen) atoms. The Morgan fingerprint density at radius 2 is 2.31 bits per heavy atom. The van der Waals surface area contributed by atoms with Gasteiger partial charge in [-0.15, -0.1) is 0 Å². The highest BCUT2D eigenvalue weighted by Crippen LogP contribution is 2.23. The van der Waals surface area contributed by atoms with Crippen LogP contribution in [0.3, 0.4) is 0 Å². The fraction of sp³-hybridized carbons (Fsp3) is 1.00. The van der Waals surface area contributed by atoms with Crippen LogP contribution in [0, 0.1) is 0 Å². The Balaban J connectivity index is 2.61. The fourth-order valence-electron chi connectivity index (χ4n) is 1.26. The quantitative estimate of drug-likeness (QED) is 0.739. The molecule has 1 heterocycles. The van der Waals surface area contributed by atoms with Gasteiger partial charge in [-0.2, -0.15) is 16.1 Å². The van der Waals surface area contributed by atoms with E-state index >= 15 is 0 Å². The number of nitrogens with zero attached hydrogens (tertiary/aromatic N) is 1. The average Bonchev–Trinajstić information content (AvgIpc) is 2.18. The predicted octanol–water partition coefficient (Wildman–Crippen LogP) is 1.50. The van der Waals surface area contributed by atoms with Crippen LogP contribution in [0.15, 0.2) is 0 Å². The van der Waals surface area contributed by atoms with Gasteiger partial charge in [0.25, 0.3) is 0 Å². The summed E-state index contributed by atoms with van der Waals surface area (Å²) in [7, 11) is -3.03. The molecule has 0 bridgehead atoms. The van der Waals surface area contributed by atoms with Crippen LogP contribution in [-0.2, 0) is 10.0 Å². The van der Waals surface area contributed by atoms with Crippen LogP contribution < -0.4 is 0 Å². The van der Waals surface area contributed by atoms with Crippen LogP contribution in [0.25, 0.3) is 0 Å². The van der Waals surface area contributed by atoms with Crippen molar-refractivity contribution in [1.82, 2.24) is 4.31 Å². The SMILES string of the molecule is CCC1CN(S(=O)(=O)CBr)CCS1. The Morgan fingerprint density at radius 1 is 1.62 bits per heavy atom. The maximum absolute atomic E-state index is 11.5. The van der Waals surface area contributed by atoms with Gasteiger partial charge in [0.1, 0.15) is 4.66 Å². The van der Waals surface area contributed by atoms with E-state index in [2.05, 4.69) is 22.9 Å². The summed E-state index contributed by atoms with van der Waals surface area (Å²) in [5.41, 5.74) is 0. The fourth-order valence-corrected chi connectivity index (χ4v) is 4.43. The second-order valence-electron chi connectivity index (χ2n) is 2.98. The molecule has 0 radical (unpaired) electrons. The van der Waals surface area contributed by atoms with Gasteiger partial charge in [-0.3, -0.25) is 0 Å². The first-order valence-electron chi connectivity index (χ1n) is 4.25. The van der Waals surface area contributed by atoms with Gasteiger partial charge in [-0.25, -0.2) is 8.42 Å². The van der Waals surface area contributed by atoms with Gasteiger partial charge in [-0.05, 0) is 6.42 Å². The number of sulfonamides is 1. The van der Waals surface area contributed by atoms with E-state index < -0.39 is 10.0 Å². The summed E-state index contributed by atoms with van der Waals surface area (Å²) in [6, 6.07) is 0. The molecule has 0 spiro atoms. The minimum atomic E-state index is -3.03. The lowest BCUT2D eigenvalue weighted by molar-refractivity contribution is 0.419. The Hall–Kier alpha value is 0.740. The number of hydrogen-bond acceptors (Lipinski definition) is 3. The van der Waals surface area contributed by atoms with Gasteiger partial charge < -0.3 is 0 Å². The van der Waals surface area contributed by atoms with Gasteiger partial charge >= 0.3 is 0 Å². The summed E-state index contributed by atoms with van der Waals surface area (Å²) in [4.78, 5) is 0. The molecule has 0 aromatic rings. The Bertz CT molecular complexity index is 255. The minimum absolute atomic E-state index is 0.0428. The third-order valence-corrected chi connectivity index (χ3v) is 6.59. The first-order valence-corrected chi connectivity index (χ1v) is 8.03. The summed E-state index contributed by atoms with van der Waals surface area (Å²) in [6.45, 7) is 3.44. The van der Waals surface area contributed by atoms with Crippen LogP contribution in [0.2, 0.25) is 0 Å². The summed E-state index contributed by atoms with van der Waals surface area (Å²) in [5.74, 6) is 0.921. The van der Waals surface area contributed by atoms with E-state index in [0.29, 0.717) is 18.3 Å². The van der Waals surface area contributed by atoms with Crippen molar-refractivity contribution < 1.29 is 8.42 Å². The molecule has 0 amide bonds. The second kappa shape index (κ2) is 5.00. The number of halogens is 1. The van der Waals surface area contributed by atoms with Crippen LogP contribution >= 0.6 is 27.7 Å². The number of thioether (sulfide) groups is 1. The van der Waals surface area contributed by atoms with Crippen molar-refractivity contribution in [2.24, 2.45) is 0 Å². The molecule has 3 nitrogen and oxygen atoms in total. The van der Waals surface area contributed by atoms with Crippen LogP contribution in [0.4, 0.5) is 0 Å². The maximum Gasteiger partial charge on any atom is 0.224 e. The molecule has 0 saturated carbocycles. The molecule has 0 aliphatic carbocycles. The Morgan fingerprint density at radius 3 is 2.85 bits per heavy atom. The van der Waals surface area contributed by atoms with Crippen molar-refractivity contribution in [2.45, 2.75) is 18.6 Å². The Labute approximate surface area is 92.4 Å². The first-order chi connectivity index (χ1) is 6.10. The summed E-state index contributed by atoms with van der Waals surface area (Å²) in [5, 5.41) is 0.475. The molecule has 6 heteroatoms. The molecule has 0 aromatic heterocycles. The normalized spacial score (nSPS) is 26.2. The largest absolute Gasteiger partial charge is 0.224 e. The molecule has 1 rings (SSSR count). The van der Waals surface area contributed by atoms with Crippen molar-refractivity contribution in [3.63, 3.8) is 0 Å². The molecule has 0 aromatic carbocycles. The average molecular weight is 288 g/mol. The Kier molecular flexibility index (Phi) is 4.54. The summed E-state index contributed by atoms with van der Waals surface area (Å²) < 4.78 is 24.6. The highest BCUT2D eigenvalue weighted by atomic mass is 79.9. The lowest BCUT2D eigenvalue weighted by atomic mass is 10.3. The van der Waals surface area contributed by atoms with Gasteiger partial charge in [0.15, 0.2) is 0 Å². The highest BCUT2D eigenvalue weighted by Gasteiger charge is 2.27. The zero-order chi connectivity index (χ0) is 9.90. The van der Waals surface area contributed by atoms with E-state index in [4.69, 9.17) is 0 Å². The molecule has 1 saturated heterocycles. The van der Waals surface area contributed by atoms with E-state index in [-0.39, 0.29) is 4.66 Å². The first kappa shape index (κ1) is 11.8. The zero-order valence-corrected chi connectivity index (χ0v) is 10.8. The molecule has 1 unspecified atom stereocenters. The molecule has 1 aliphatic rings. The standard InChI is InChI=1S/C7H14BrNO2S2/c1-2-7-5-9(3-4-12-7)13(10,11)6-8/h7H,2-6H2,1H3. The van der Waals surface area contributed by atoms with Crippen LogP contribution in [0.1, 0.15) is 13.3 Å². The highest BCUT2D eigenvalue weighted by molar-refractivity contribution is 9.10. The lowest BCUT2D eigenvalue weighted by Crippen LogP contribution is -2.42. The van der Waals surface area contributed by atoms with E-state index in [1.54, 1.807) is 4.31 Å². The van der Waals surface area contributed by atoms with Crippen molar-refractivity contribution in [3.05, 3.63) is 0 Å². The number of hydrogen-bond donors (Lipinski definition) is 0. The van der Waals surface area contributed by atoms with Crippen molar-refractivity contribution in [3.8, 4) is 0 Å². The smallest absolute Gasteiger partial charge is 0.211 e. The minimum Gasteiger partial charge on any atom is -0.211 e. The van der Waals surface area contributed by atoms with E-state index in [1.807, 2.05) is 11.8 Å². The number of rotatable bonds is 3. The zero-order valence-electron chi connectivity index (χ0n) is 7.57. The summed E-state index contributed by atoms with van der Waals surface area (Å²) >= 11 is 4.88. The van der Waals surface area contributed by atoms with Crippen molar-refractivity contribution in [2.75, 3.05) is 23.5 Å². The molecular weight excluding hydrogens is 274 g/mol. The molecule has 1 aliphatic heterocycles. The van der Waals surface area contributed by atoms with E-state index in [9.17, 15) is 8.42 Å². The van der Waals surface area contributed by atoms with E-state index in [1.165, 1.54) is 0 Å². The van der Waals surface area contributed by atoms with Gasteiger partial charge in [-0.1, -0.05) is 22.9 Å². The predicted molar refractivity (Wildman–Crippen MR) is 60.8 cm³/mol. The molecule has 78 valence electrons. The van der Waals surface area contributed by atoms with E-state index in [0.717, 1.165) is 12.2 Å². The second-order valence-corrected chi connectivity index (χ2v) is 7.66. The topological polar surface area (TPSA) is 37.4 Å². The van der Waals surface area contributed by atoms with Crippen LogP contribution in [0.5, 0.6) is 0 Å². The van der Waals surface area contributed by atoms with Crippen molar-refractivity contribution in [1.29, 1.82) is 0 Å². The van der Waals surface area contributed by atoms with Crippen molar-refractivity contribution >= 4 is 37.7 Å². The molecule has 1 atom stereocenters. The maximum atomic E-state index is 11.5. The monoisotopic (exact) mass is 287 g/mol.